The van der Waals surface area contributed by atoms with Crippen LogP contribution in [0.5, 0.6) is 5.75 Å². The minimum absolute atomic E-state index is 0.0836. The molecule has 1 N–H and O–H groups in total. The third-order valence-corrected chi connectivity index (χ3v) is 5.05. The SMILES string of the molecule is CC=C(C)C(=O)c1c(C)c(F)c(C(C)O)c(Br)c1OCc1ccccc1. The molecule has 0 fully saturated rings. The van der Waals surface area contributed by atoms with Gasteiger partial charge in [-0.05, 0) is 54.8 Å². The maximum absolute atomic E-state index is 14.8. The number of ether oxygens (including phenoxy) is 1. The predicted molar refractivity (Wildman–Crippen MR) is 104 cm³/mol. The fourth-order valence-corrected chi connectivity index (χ4v) is 3.46. The number of ketones is 1. The molecule has 0 saturated carbocycles. The van der Waals surface area contributed by atoms with Crippen LogP contribution in [0.1, 0.15) is 53.9 Å². The molecule has 1 unspecified atom stereocenters. The number of Topliss-reactive ketones (excluding diaryl/α,β-unsaturated/α-hetero) is 1. The molecule has 0 aromatic heterocycles. The second-order valence-electron chi connectivity index (χ2n) is 6.12. The number of benzene rings is 2. The number of carbonyl (C=O) groups excluding carboxylic acids is 1. The molecule has 26 heavy (non-hydrogen) atoms. The molecule has 0 saturated heterocycles. The standard InChI is InChI=1S/C21H22BrFO3/c1-5-12(2)20(25)16-13(3)19(23)17(14(4)24)18(22)21(16)26-11-15-9-7-6-8-10-15/h5-10,14,24H,11H2,1-4H3. The molecule has 0 aliphatic rings. The average molecular weight is 421 g/mol. The largest absolute Gasteiger partial charge is 0.487 e. The van der Waals surface area contributed by atoms with Gasteiger partial charge >= 0.3 is 0 Å². The fraction of sp³-hybridized carbons (Fsp3) is 0.286. The Morgan fingerprint density at radius 3 is 2.50 bits per heavy atom. The Bertz CT molecular complexity index is 842. The number of hydrogen-bond acceptors (Lipinski definition) is 3. The maximum atomic E-state index is 14.8. The molecule has 5 heteroatoms. The van der Waals surface area contributed by atoms with E-state index >= 15 is 0 Å². The summed E-state index contributed by atoms with van der Waals surface area (Å²) in [5.41, 5.74) is 1.83. The third kappa shape index (κ3) is 4.05. The van der Waals surface area contributed by atoms with Gasteiger partial charge in [0.1, 0.15) is 18.2 Å². The van der Waals surface area contributed by atoms with Crippen LogP contribution in [0, 0.1) is 12.7 Å². The van der Waals surface area contributed by atoms with Crippen molar-refractivity contribution in [2.24, 2.45) is 0 Å². The van der Waals surface area contributed by atoms with Gasteiger partial charge < -0.3 is 9.84 Å². The number of aliphatic hydroxyl groups is 1. The first-order valence-corrected chi connectivity index (χ1v) is 9.12. The van der Waals surface area contributed by atoms with Gasteiger partial charge in [-0.3, -0.25) is 4.79 Å². The van der Waals surface area contributed by atoms with E-state index in [0.29, 0.717) is 5.57 Å². The van der Waals surface area contributed by atoms with Crippen molar-refractivity contribution in [3.63, 3.8) is 0 Å². The van der Waals surface area contributed by atoms with E-state index in [-0.39, 0.29) is 39.3 Å². The van der Waals surface area contributed by atoms with Gasteiger partial charge in [0.05, 0.1) is 16.1 Å². The van der Waals surface area contributed by atoms with Crippen LogP contribution >= 0.6 is 15.9 Å². The molecule has 0 heterocycles. The summed E-state index contributed by atoms with van der Waals surface area (Å²) in [5, 5.41) is 9.98. The Kier molecular flexibility index (Phi) is 6.73. The van der Waals surface area contributed by atoms with Crippen molar-refractivity contribution in [2.45, 2.75) is 40.4 Å². The van der Waals surface area contributed by atoms with Crippen LogP contribution in [0.4, 0.5) is 4.39 Å². The normalized spacial score (nSPS) is 12.8. The number of allylic oxidation sites excluding steroid dienone is 2. The Labute approximate surface area is 161 Å². The number of hydrogen-bond donors (Lipinski definition) is 1. The fourth-order valence-electron chi connectivity index (χ4n) is 2.64. The second-order valence-corrected chi connectivity index (χ2v) is 6.91. The summed E-state index contributed by atoms with van der Waals surface area (Å²) in [4.78, 5) is 12.8. The number of carbonyl (C=O) groups is 1. The summed E-state index contributed by atoms with van der Waals surface area (Å²) in [6, 6.07) is 9.48. The Morgan fingerprint density at radius 1 is 1.35 bits per heavy atom. The van der Waals surface area contributed by atoms with Crippen LogP contribution in [-0.4, -0.2) is 10.9 Å². The molecular weight excluding hydrogens is 399 g/mol. The van der Waals surface area contributed by atoms with Crippen molar-refractivity contribution in [1.82, 2.24) is 0 Å². The Hall–Kier alpha value is -1.98. The second kappa shape index (κ2) is 8.60. The highest BCUT2D eigenvalue weighted by Crippen LogP contribution is 2.41. The third-order valence-electron chi connectivity index (χ3n) is 4.27. The predicted octanol–water partition coefficient (Wildman–Crippen LogP) is 5.68. The van der Waals surface area contributed by atoms with Crippen molar-refractivity contribution in [2.75, 3.05) is 0 Å². The van der Waals surface area contributed by atoms with Gasteiger partial charge in [0, 0.05) is 11.1 Å². The first-order chi connectivity index (χ1) is 12.3. The van der Waals surface area contributed by atoms with E-state index in [4.69, 9.17) is 4.74 Å². The van der Waals surface area contributed by atoms with Gasteiger partial charge in [-0.15, -0.1) is 0 Å². The zero-order valence-electron chi connectivity index (χ0n) is 15.3. The quantitative estimate of drug-likeness (QED) is 0.482. The van der Waals surface area contributed by atoms with Gasteiger partial charge in [0.15, 0.2) is 5.78 Å². The summed E-state index contributed by atoms with van der Waals surface area (Å²) < 4.78 is 21.0. The van der Waals surface area contributed by atoms with Crippen LogP contribution in [-0.2, 0) is 6.61 Å². The zero-order valence-corrected chi connectivity index (χ0v) is 16.9. The number of rotatable bonds is 6. The summed E-state index contributed by atoms with van der Waals surface area (Å²) >= 11 is 3.33. The molecule has 0 amide bonds. The van der Waals surface area contributed by atoms with E-state index in [2.05, 4.69) is 15.9 Å². The van der Waals surface area contributed by atoms with Gasteiger partial charge in [-0.2, -0.15) is 0 Å². The molecule has 1 atom stereocenters. The van der Waals surface area contributed by atoms with Crippen molar-refractivity contribution in [3.05, 3.63) is 74.5 Å². The minimum Gasteiger partial charge on any atom is -0.487 e. The molecule has 2 aromatic rings. The van der Waals surface area contributed by atoms with Crippen LogP contribution in [0.3, 0.4) is 0 Å². The van der Waals surface area contributed by atoms with E-state index < -0.39 is 11.9 Å². The number of halogens is 2. The molecule has 0 bridgehead atoms. The summed E-state index contributed by atoms with van der Waals surface area (Å²) in [7, 11) is 0. The van der Waals surface area contributed by atoms with Gasteiger partial charge in [-0.25, -0.2) is 4.39 Å². The van der Waals surface area contributed by atoms with E-state index in [1.165, 1.54) is 13.8 Å². The molecule has 0 aliphatic heterocycles. The molecule has 2 aromatic carbocycles. The Balaban J connectivity index is 2.63. The highest BCUT2D eigenvalue weighted by atomic mass is 79.9. The highest BCUT2D eigenvalue weighted by molar-refractivity contribution is 9.10. The summed E-state index contributed by atoms with van der Waals surface area (Å²) in [6.45, 7) is 6.65. The summed E-state index contributed by atoms with van der Waals surface area (Å²) in [6.07, 6.45) is 0.631. The molecule has 0 aliphatic carbocycles. The van der Waals surface area contributed by atoms with Crippen molar-refractivity contribution in [3.8, 4) is 5.75 Å². The smallest absolute Gasteiger partial charge is 0.192 e. The molecule has 0 spiro atoms. The van der Waals surface area contributed by atoms with Gasteiger partial charge in [-0.1, -0.05) is 36.4 Å². The first kappa shape index (κ1) is 20.3. The monoisotopic (exact) mass is 420 g/mol. The molecule has 3 nitrogen and oxygen atoms in total. The van der Waals surface area contributed by atoms with Crippen molar-refractivity contribution >= 4 is 21.7 Å². The van der Waals surface area contributed by atoms with E-state index in [1.54, 1.807) is 19.9 Å². The lowest BCUT2D eigenvalue weighted by Crippen LogP contribution is -2.13. The minimum atomic E-state index is -1.05. The van der Waals surface area contributed by atoms with Crippen LogP contribution in [0.2, 0.25) is 0 Å². The highest BCUT2D eigenvalue weighted by Gasteiger charge is 2.28. The van der Waals surface area contributed by atoms with Crippen LogP contribution in [0.15, 0.2) is 46.5 Å². The first-order valence-electron chi connectivity index (χ1n) is 8.33. The topological polar surface area (TPSA) is 46.5 Å². The summed E-state index contributed by atoms with van der Waals surface area (Å²) in [5.74, 6) is -0.661. The van der Waals surface area contributed by atoms with E-state index in [9.17, 15) is 14.3 Å². The van der Waals surface area contributed by atoms with Gasteiger partial charge in [0.2, 0.25) is 0 Å². The molecule has 138 valence electrons. The zero-order chi connectivity index (χ0) is 19.4. The lowest BCUT2D eigenvalue weighted by atomic mass is 9.94. The van der Waals surface area contributed by atoms with Gasteiger partial charge in [0.25, 0.3) is 0 Å². The number of aliphatic hydroxyl groups excluding tert-OH is 1. The van der Waals surface area contributed by atoms with Crippen LogP contribution < -0.4 is 4.74 Å². The van der Waals surface area contributed by atoms with Crippen molar-refractivity contribution < 1.29 is 19.0 Å². The lowest BCUT2D eigenvalue weighted by Gasteiger charge is -2.20. The molecule has 0 radical (unpaired) electrons. The van der Waals surface area contributed by atoms with Crippen molar-refractivity contribution in [1.29, 1.82) is 0 Å². The average Bonchev–Trinajstić information content (AvgIpc) is 2.63. The van der Waals surface area contributed by atoms with E-state index in [1.807, 2.05) is 30.3 Å². The molecule has 2 rings (SSSR count). The maximum Gasteiger partial charge on any atom is 0.192 e. The Morgan fingerprint density at radius 2 is 1.96 bits per heavy atom. The molecular formula is C21H22BrFO3. The lowest BCUT2D eigenvalue weighted by molar-refractivity contribution is 0.102. The van der Waals surface area contributed by atoms with E-state index in [0.717, 1.165) is 5.56 Å². The van der Waals surface area contributed by atoms with Crippen LogP contribution in [0.25, 0.3) is 0 Å².